The highest BCUT2D eigenvalue weighted by atomic mass is 16.7. The first-order chi connectivity index (χ1) is 13.1. The van der Waals surface area contributed by atoms with E-state index in [0.29, 0.717) is 45.1 Å². The van der Waals surface area contributed by atoms with Gasteiger partial charge in [-0.15, -0.1) is 0 Å². The molecule has 1 aliphatic rings. The smallest absolute Gasteiger partial charge is 0.349 e. The number of aromatic nitrogens is 2. The van der Waals surface area contributed by atoms with Crippen LogP contribution < -0.4 is 25.6 Å². The molecule has 2 aromatic heterocycles. The molecule has 2 aromatic carbocycles. The third kappa shape index (κ3) is 2.34. The molecule has 1 aliphatic heterocycles. The molecular weight excluding hydrogens is 350 g/mol. The highest BCUT2D eigenvalue weighted by Gasteiger charge is 2.18. The molecule has 5 rings (SSSR count). The Hall–Kier alpha value is -3.81. The molecule has 0 spiro atoms. The van der Waals surface area contributed by atoms with Crippen LogP contribution >= 0.6 is 0 Å². The monoisotopic (exact) mass is 363 g/mol. The van der Waals surface area contributed by atoms with Crippen LogP contribution in [0.3, 0.4) is 0 Å². The molecule has 0 radical (unpaired) electrons. The van der Waals surface area contributed by atoms with Crippen LogP contribution in [0.5, 0.6) is 17.2 Å². The summed E-state index contributed by atoms with van der Waals surface area (Å²) < 4.78 is 21.3. The van der Waals surface area contributed by atoms with Crippen molar-refractivity contribution in [2.75, 3.05) is 19.6 Å². The normalized spacial score (nSPS) is 12.6. The van der Waals surface area contributed by atoms with E-state index in [-0.39, 0.29) is 18.0 Å². The van der Waals surface area contributed by atoms with Gasteiger partial charge in [0.2, 0.25) is 6.79 Å². The van der Waals surface area contributed by atoms with Gasteiger partial charge in [-0.3, -0.25) is 0 Å². The van der Waals surface area contributed by atoms with Crippen LogP contribution in [0.2, 0.25) is 0 Å². The van der Waals surface area contributed by atoms with Crippen LogP contribution in [0.1, 0.15) is 0 Å². The highest BCUT2D eigenvalue weighted by molar-refractivity contribution is 6.05. The van der Waals surface area contributed by atoms with Crippen molar-refractivity contribution in [1.29, 1.82) is 0 Å². The van der Waals surface area contributed by atoms with E-state index in [9.17, 15) is 4.79 Å². The van der Waals surface area contributed by atoms with Gasteiger partial charge < -0.3 is 24.4 Å². The van der Waals surface area contributed by atoms with Gasteiger partial charge in [0.25, 0.3) is 0 Å². The summed E-state index contributed by atoms with van der Waals surface area (Å²) in [7, 11) is 1.54. The van der Waals surface area contributed by atoms with E-state index >= 15 is 0 Å². The van der Waals surface area contributed by atoms with E-state index < -0.39 is 5.63 Å². The fourth-order valence-corrected chi connectivity index (χ4v) is 3.10. The van der Waals surface area contributed by atoms with Gasteiger partial charge in [-0.25, -0.2) is 14.8 Å². The van der Waals surface area contributed by atoms with Crippen molar-refractivity contribution < 1.29 is 18.6 Å². The Bertz CT molecular complexity index is 1280. The zero-order chi connectivity index (χ0) is 18.5. The maximum atomic E-state index is 12.4. The van der Waals surface area contributed by atoms with Crippen LogP contribution in [0, 0.1) is 0 Å². The fraction of sp³-hybridized carbons (Fsp3) is 0.105. The minimum absolute atomic E-state index is 0.0548. The molecule has 8 nitrogen and oxygen atoms in total. The van der Waals surface area contributed by atoms with Crippen LogP contribution in [0.4, 0.5) is 5.82 Å². The molecular formula is C19H13N3O5. The molecule has 0 amide bonds. The molecule has 27 heavy (non-hydrogen) atoms. The van der Waals surface area contributed by atoms with Crippen molar-refractivity contribution in [1.82, 2.24) is 9.97 Å². The first kappa shape index (κ1) is 15.4. The molecule has 0 atom stereocenters. The minimum atomic E-state index is -0.597. The van der Waals surface area contributed by atoms with E-state index in [1.165, 1.54) is 7.11 Å². The average molecular weight is 363 g/mol. The molecule has 0 aliphatic carbocycles. The summed E-state index contributed by atoms with van der Waals surface area (Å²) in [6.45, 7) is 0.174. The van der Waals surface area contributed by atoms with Crippen molar-refractivity contribution in [2.24, 2.45) is 0 Å². The lowest BCUT2D eigenvalue weighted by atomic mass is 10.1. The SMILES string of the molecule is COc1ccc2c(c1)oc(=O)c1c(N)nc(-c3ccc4c(c3)OCO4)nc12. The number of benzene rings is 2. The number of methoxy groups -OCH3 is 1. The topological polar surface area (TPSA) is 110 Å². The Kier molecular flexibility index (Phi) is 3.20. The van der Waals surface area contributed by atoms with Gasteiger partial charge in [0, 0.05) is 17.0 Å². The Morgan fingerprint density at radius 2 is 1.93 bits per heavy atom. The summed E-state index contributed by atoms with van der Waals surface area (Å²) in [5, 5.41) is 0.790. The molecule has 3 heterocycles. The summed E-state index contributed by atoms with van der Waals surface area (Å²) in [6, 6.07) is 10.5. The van der Waals surface area contributed by atoms with E-state index in [1.807, 2.05) is 6.07 Å². The number of ether oxygens (including phenoxy) is 3. The quantitative estimate of drug-likeness (QED) is 0.428. The summed E-state index contributed by atoms with van der Waals surface area (Å²) in [5.74, 6) is 2.27. The first-order valence-electron chi connectivity index (χ1n) is 8.12. The second-order valence-electron chi connectivity index (χ2n) is 5.98. The Morgan fingerprint density at radius 3 is 2.78 bits per heavy atom. The van der Waals surface area contributed by atoms with Gasteiger partial charge >= 0.3 is 5.63 Å². The number of rotatable bonds is 2. The van der Waals surface area contributed by atoms with Crippen molar-refractivity contribution in [3.05, 3.63) is 46.8 Å². The second kappa shape index (κ2) is 5.60. The van der Waals surface area contributed by atoms with Crippen molar-refractivity contribution in [2.45, 2.75) is 0 Å². The van der Waals surface area contributed by atoms with Crippen LogP contribution in [-0.2, 0) is 0 Å². The minimum Gasteiger partial charge on any atom is -0.497 e. The Balaban J connectivity index is 1.80. The summed E-state index contributed by atoms with van der Waals surface area (Å²) in [5.41, 5.74) is 6.95. The Labute approximate surface area is 152 Å². The number of hydrogen-bond acceptors (Lipinski definition) is 8. The third-order valence-corrected chi connectivity index (χ3v) is 4.42. The largest absolute Gasteiger partial charge is 0.497 e. The molecule has 2 N–H and O–H groups in total. The van der Waals surface area contributed by atoms with Gasteiger partial charge in [0.1, 0.15) is 22.5 Å². The number of fused-ring (bicyclic) bond motifs is 4. The number of nitrogens with zero attached hydrogens (tertiary/aromatic N) is 2. The van der Waals surface area contributed by atoms with Gasteiger partial charge in [-0.2, -0.15) is 0 Å². The molecule has 4 aromatic rings. The molecule has 0 bridgehead atoms. The lowest BCUT2D eigenvalue weighted by molar-refractivity contribution is 0.174. The van der Waals surface area contributed by atoms with Crippen LogP contribution in [0.25, 0.3) is 33.3 Å². The van der Waals surface area contributed by atoms with E-state index in [0.717, 1.165) is 0 Å². The number of anilines is 1. The lowest BCUT2D eigenvalue weighted by Gasteiger charge is -2.08. The van der Waals surface area contributed by atoms with Gasteiger partial charge in [-0.1, -0.05) is 0 Å². The van der Waals surface area contributed by atoms with E-state index in [4.69, 9.17) is 24.4 Å². The highest BCUT2D eigenvalue weighted by Crippen LogP contribution is 2.36. The lowest BCUT2D eigenvalue weighted by Crippen LogP contribution is -2.08. The number of nitrogens with two attached hydrogens (primary N) is 1. The van der Waals surface area contributed by atoms with Crippen molar-refractivity contribution >= 4 is 27.7 Å². The van der Waals surface area contributed by atoms with Crippen LogP contribution in [-0.4, -0.2) is 23.9 Å². The zero-order valence-corrected chi connectivity index (χ0v) is 14.2. The summed E-state index contributed by atoms with van der Waals surface area (Å²) in [4.78, 5) is 21.3. The molecule has 0 unspecified atom stereocenters. The third-order valence-electron chi connectivity index (χ3n) is 4.42. The van der Waals surface area contributed by atoms with Gasteiger partial charge in [0.15, 0.2) is 17.3 Å². The zero-order valence-electron chi connectivity index (χ0n) is 14.2. The standard InChI is InChI=1S/C19H13N3O5/c1-24-10-3-4-11-13(7-10)27-19(23)15-16(11)21-18(22-17(15)20)9-2-5-12-14(6-9)26-8-25-12/h2-7H,8H2,1H3,(H2,20,21,22). The molecule has 0 saturated heterocycles. The predicted octanol–water partition coefficient (Wildman–Crippen LogP) is 2.72. The van der Waals surface area contributed by atoms with Crippen molar-refractivity contribution in [3.63, 3.8) is 0 Å². The van der Waals surface area contributed by atoms with Gasteiger partial charge in [0.05, 0.1) is 12.6 Å². The molecule has 134 valence electrons. The maximum Gasteiger partial charge on any atom is 0.349 e. The summed E-state index contributed by atoms with van der Waals surface area (Å²) in [6.07, 6.45) is 0. The Morgan fingerprint density at radius 1 is 1.07 bits per heavy atom. The number of nitrogen functional groups attached to an aromatic ring is 1. The molecule has 0 saturated carbocycles. The van der Waals surface area contributed by atoms with E-state index in [1.54, 1.807) is 30.3 Å². The molecule has 8 heteroatoms. The van der Waals surface area contributed by atoms with E-state index in [2.05, 4.69) is 9.97 Å². The average Bonchev–Trinajstić information content (AvgIpc) is 3.14. The first-order valence-corrected chi connectivity index (χ1v) is 8.12. The summed E-state index contributed by atoms with van der Waals surface area (Å²) >= 11 is 0. The number of hydrogen-bond donors (Lipinski definition) is 1. The van der Waals surface area contributed by atoms with Gasteiger partial charge in [-0.05, 0) is 30.3 Å². The predicted molar refractivity (Wildman–Crippen MR) is 98.1 cm³/mol. The second-order valence-corrected chi connectivity index (χ2v) is 5.98. The maximum absolute atomic E-state index is 12.4. The van der Waals surface area contributed by atoms with Crippen LogP contribution in [0.15, 0.2) is 45.6 Å². The molecule has 0 fully saturated rings. The fourth-order valence-electron chi connectivity index (χ4n) is 3.10. The van der Waals surface area contributed by atoms with Crippen molar-refractivity contribution in [3.8, 4) is 28.6 Å².